The largest absolute Gasteiger partial charge is 0.462 e. The van der Waals surface area contributed by atoms with Gasteiger partial charge in [-0.25, -0.2) is 4.79 Å². The molecule has 0 radical (unpaired) electrons. The highest BCUT2D eigenvalue weighted by Gasteiger charge is 2.24. The lowest BCUT2D eigenvalue weighted by atomic mass is 9.99. The molecule has 2 rings (SSSR count). The van der Waals surface area contributed by atoms with Crippen LogP contribution in [0.4, 0.5) is 5.69 Å². The van der Waals surface area contributed by atoms with Crippen molar-refractivity contribution in [3.8, 4) is 0 Å². The standard InChI is InChI=1S/C16H22BrNO3/c1-4-20-16(19)12-5-6-15(14(17)9-12)18-13-7-10(2)21-11(3)8-13/h5-6,9-11,13,18H,4,7-8H2,1-3H3. The molecule has 0 bridgehead atoms. The van der Waals surface area contributed by atoms with E-state index in [9.17, 15) is 4.79 Å². The fourth-order valence-electron chi connectivity index (χ4n) is 2.72. The van der Waals surface area contributed by atoms with E-state index in [-0.39, 0.29) is 18.2 Å². The van der Waals surface area contributed by atoms with Crippen molar-refractivity contribution in [3.63, 3.8) is 0 Å². The van der Waals surface area contributed by atoms with Crippen LogP contribution in [0.1, 0.15) is 44.0 Å². The number of esters is 1. The summed E-state index contributed by atoms with van der Waals surface area (Å²) in [7, 11) is 0. The van der Waals surface area contributed by atoms with Crippen molar-refractivity contribution in [1.82, 2.24) is 0 Å². The van der Waals surface area contributed by atoms with E-state index in [2.05, 4.69) is 35.1 Å². The Morgan fingerprint density at radius 2 is 2.05 bits per heavy atom. The Labute approximate surface area is 134 Å². The minimum atomic E-state index is -0.293. The molecular formula is C16H22BrNO3. The minimum absolute atomic E-state index is 0.267. The molecular weight excluding hydrogens is 334 g/mol. The van der Waals surface area contributed by atoms with Gasteiger partial charge in [0.1, 0.15) is 0 Å². The lowest BCUT2D eigenvalue weighted by Gasteiger charge is -2.33. The Kier molecular flexibility index (Phi) is 5.65. The molecule has 0 amide bonds. The zero-order valence-corrected chi connectivity index (χ0v) is 14.3. The highest BCUT2D eigenvalue weighted by Crippen LogP contribution is 2.28. The van der Waals surface area contributed by atoms with Crippen LogP contribution in [-0.2, 0) is 9.47 Å². The van der Waals surface area contributed by atoms with Gasteiger partial charge in [-0.3, -0.25) is 0 Å². The molecule has 1 aliphatic rings. The van der Waals surface area contributed by atoms with Crippen molar-refractivity contribution in [2.75, 3.05) is 11.9 Å². The number of anilines is 1. The number of halogens is 1. The van der Waals surface area contributed by atoms with Crippen LogP contribution in [0.25, 0.3) is 0 Å². The van der Waals surface area contributed by atoms with Gasteiger partial charge in [-0.05, 0) is 67.7 Å². The molecule has 116 valence electrons. The number of carbonyl (C=O) groups is 1. The van der Waals surface area contributed by atoms with Gasteiger partial charge >= 0.3 is 5.97 Å². The van der Waals surface area contributed by atoms with Crippen LogP contribution in [0.2, 0.25) is 0 Å². The van der Waals surface area contributed by atoms with Crippen LogP contribution >= 0.6 is 15.9 Å². The van der Waals surface area contributed by atoms with E-state index < -0.39 is 0 Å². The first-order valence-electron chi connectivity index (χ1n) is 7.38. The number of ether oxygens (including phenoxy) is 2. The summed E-state index contributed by atoms with van der Waals surface area (Å²) >= 11 is 3.52. The summed E-state index contributed by atoms with van der Waals surface area (Å²) in [5.41, 5.74) is 1.55. The fraction of sp³-hybridized carbons (Fsp3) is 0.562. The first-order chi connectivity index (χ1) is 9.99. The van der Waals surface area contributed by atoms with E-state index in [1.54, 1.807) is 19.1 Å². The van der Waals surface area contributed by atoms with E-state index in [0.29, 0.717) is 18.2 Å². The second kappa shape index (κ2) is 7.27. The Hall–Kier alpha value is -1.07. The third kappa shape index (κ3) is 4.45. The van der Waals surface area contributed by atoms with Crippen molar-refractivity contribution >= 4 is 27.6 Å². The normalized spacial score (nSPS) is 25.4. The molecule has 1 aliphatic heterocycles. The smallest absolute Gasteiger partial charge is 0.338 e. The van der Waals surface area contributed by atoms with Crippen LogP contribution in [0.5, 0.6) is 0 Å². The molecule has 4 nitrogen and oxygen atoms in total. The molecule has 0 spiro atoms. The second-order valence-electron chi connectivity index (χ2n) is 5.49. The van der Waals surface area contributed by atoms with Crippen LogP contribution in [0.15, 0.2) is 22.7 Å². The van der Waals surface area contributed by atoms with Crippen LogP contribution in [-0.4, -0.2) is 30.8 Å². The number of carbonyl (C=O) groups excluding carboxylic acids is 1. The summed E-state index contributed by atoms with van der Waals surface area (Å²) in [6.07, 6.45) is 2.50. The number of benzene rings is 1. The van der Waals surface area contributed by atoms with Gasteiger partial charge in [-0.2, -0.15) is 0 Å². The molecule has 21 heavy (non-hydrogen) atoms. The van der Waals surface area contributed by atoms with Crippen molar-refractivity contribution in [2.24, 2.45) is 0 Å². The highest BCUT2D eigenvalue weighted by atomic mass is 79.9. The summed E-state index contributed by atoms with van der Waals surface area (Å²) in [4.78, 5) is 11.7. The molecule has 1 N–H and O–H groups in total. The van der Waals surface area contributed by atoms with Crippen molar-refractivity contribution in [3.05, 3.63) is 28.2 Å². The lowest BCUT2D eigenvalue weighted by Crippen LogP contribution is -2.36. The number of rotatable bonds is 4. The predicted octanol–water partition coefficient (Wildman–Crippen LogP) is 3.99. The summed E-state index contributed by atoms with van der Waals surface area (Å²) in [6, 6.07) is 5.89. The molecule has 1 fully saturated rings. The molecule has 1 aromatic carbocycles. The van der Waals surface area contributed by atoms with Crippen LogP contribution < -0.4 is 5.32 Å². The zero-order chi connectivity index (χ0) is 15.4. The molecule has 2 atom stereocenters. The first-order valence-corrected chi connectivity index (χ1v) is 8.17. The number of hydrogen-bond donors (Lipinski definition) is 1. The summed E-state index contributed by atoms with van der Waals surface area (Å²) in [5.74, 6) is -0.293. The summed E-state index contributed by atoms with van der Waals surface area (Å²) in [5, 5.41) is 3.53. The molecule has 0 saturated carbocycles. The van der Waals surface area contributed by atoms with E-state index in [0.717, 1.165) is 23.0 Å². The summed E-state index contributed by atoms with van der Waals surface area (Å²) in [6.45, 7) is 6.39. The zero-order valence-electron chi connectivity index (χ0n) is 12.7. The monoisotopic (exact) mass is 355 g/mol. The number of nitrogens with one attached hydrogen (secondary N) is 1. The van der Waals surface area contributed by atoms with Crippen LogP contribution in [0.3, 0.4) is 0 Å². The molecule has 2 unspecified atom stereocenters. The Balaban J connectivity index is 2.05. The maximum absolute atomic E-state index is 11.7. The molecule has 0 aromatic heterocycles. The van der Waals surface area contributed by atoms with Gasteiger partial charge in [0.15, 0.2) is 0 Å². The number of hydrogen-bond acceptors (Lipinski definition) is 4. The van der Waals surface area contributed by atoms with Gasteiger partial charge in [0.2, 0.25) is 0 Å². The van der Waals surface area contributed by atoms with E-state index in [1.165, 1.54) is 0 Å². The Morgan fingerprint density at radius 1 is 1.38 bits per heavy atom. The Morgan fingerprint density at radius 3 is 2.62 bits per heavy atom. The van der Waals surface area contributed by atoms with E-state index >= 15 is 0 Å². The van der Waals surface area contributed by atoms with Crippen molar-refractivity contribution in [2.45, 2.75) is 51.9 Å². The Bertz CT molecular complexity index is 496. The van der Waals surface area contributed by atoms with Gasteiger partial charge in [-0.1, -0.05) is 0 Å². The lowest BCUT2D eigenvalue weighted by molar-refractivity contribution is -0.0337. The fourth-order valence-corrected chi connectivity index (χ4v) is 3.21. The first kappa shape index (κ1) is 16.3. The second-order valence-corrected chi connectivity index (χ2v) is 6.34. The van der Waals surface area contributed by atoms with Crippen molar-refractivity contribution in [1.29, 1.82) is 0 Å². The van der Waals surface area contributed by atoms with Gasteiger partial charge in [0.25, 0.3) is 0 Å². The van der Waals surface area contributed by atoms with Gasteiger partial charge in [0.05, 0.1) is 24.4 Å². The molecule has 5 heteroatoms. The van der Waals surface area contributed by atoms with Crippen molar-refractivity contribution < 1.29 is 14.3 Å². The topological polar surface area (TPSA) is 47.6 Å². The summed E-state index contributed by atoms with van der Waals surface area (Å²) < 4.78 is 11.6. The third-order valence-corrected chi connectivity index (χ3v) is 4.19. The maximum Gasteiger partial charge on any atom is 0.338 e. The maximum atomic E-state index is 11.7. The average Bonchev–Trinajstić information content (AvgIpc) is 2.40. The van der Waals surface area contributed by atoms with E-state index in [1.807, 2.05) is 6.07 Å². The SMILES string of the molecule is CCOC(=O)c1ccc(NC2CC(C)OC(C)C2)c(Br)c1. The van der Waals surface area contributed by atoms with E-state index in [4.69, 9.17) is 9.47 Å². The molecule has 1 saturated heterocycles. The quantitative estimate of drug-likeness (QED) is 0.829. The van der Waals surface area contributed by atoms with Gasteiger partial charge in [0, 0.05) is 16.2 Å². The predicted molar refractivity (Wildman–Crippen MR) is 86.8 cm³/mol. The van der Waals surface area contributed by atoms with Gasteiger partial charge < -0.3 is 14.8 Å². The van der Waals surface area contributed by atoms with Crippen LogP contribution in [0, 0.1) is 0 Å². The third-order valence-electron chi connectivity index (χ3n) is 3.54. The molecule has 1 aromatic rings. The molecule has 1 heterocycles. The van der Waals surface area contributed by atoms with Gasteiger partial charge in [-0.15, -0.1) is 0 Å². The molecule has 0 aliphatic carbocycles. The average molecular weight is 356 g/mol. The minimum Gasteiger partial charge on any atom is -0.462 e. The highest BCUT2D eigenvalue weighted by molar-refractivity contribution is 9.10.